The van der Waals surface area contributed by atoms with Gasteiger partial charge in [-0.1, -0.05) is 17.7 Å². The first-order valence-electron chi connectivity index (χ1n) is 11.8. The zero-order valence-corrected chi connectivity index (χ0v) is 23.4. The van der Waals surface area contributed by atoms with Gasteiger partial charge in [0.2, 0.25) is 0 Å². The van der Waals surface area contributed by atoms with Gasteiger partial charge in [-0.3, -0.25) is 9.08 Å². The van der Waals surface area contributed by atoms with Gasteiger partial charge < -0.3 is 9.47 Å². The summed E-state index contributed by atoms with van der Waals surface area (Å²) in [6.07, 6.45) is 1.18. The summed E-state index contributed by atoms with van der Waals surface area (Å²) in [6.45, 7) is 7.27. The fourth-order valence-electron chi connectivity index (χ4n) is 3.33. The molecule has 0 atom stereocenters. The number of rotatable bonds is 8. The van der Waals surface area contributed by atoms with Crippen molar-refractivity contribution in [3.63, 3.8) is 0 Å². The van der Waals surface area contributed by atoms with Crippen LogP contribution >= 0.6 is 11.3 Å². The van der Waals surface area contributed by atoms with E-state index in [0.29, 0.717) is 11.6 Å². The molecule has 2 aromatic heterocycles. The van der Waals surface area contributed by atoms with E-state index in [2.05, 4.69) is 9.97 Å². The van der Waals surface area contributed by atoms with Crippen LogP contribution in [0.1, 0.15) is 26.3 Å². The number of ether oxygens (including phenoxy) is 2. The molecule has 4 aromatic rings. The highest BCUT2D eigenvalue weighted by Crippen LogP contribution is 2.32. The van der Waals surface area contributed by atoms with Crippen LogP contribution in [0.25, 0.3) is 20.8 Å². The molecule has 0 fully saturated rings. The van der Waals surface area contributed by atoms with Gasteiger partial charge in [0, 0.05) is 18.8 Å². The zero-order chi connectivity index (χ0) is 27.5. The van der Waals surface area contributed by atoms with Gasteiger partial charge in [0.25, 0.3) is 10.1 Å². The van der Waals surface area contributed by atoms with Crippen LogP contribution < -0.4 is 9.64 Å². The predicted molar refractivity (Wildman–Crippen MR) is 147 cm³/mol. The predicted octanol–water partition coefficient (Wildman–Crippen LogP) is 5.82. The molecule has 0 aliphatic heterocycles. The quantitative estimate of drug-likeness (QED) is 0.198. The number of carbonyl (C=O) groups excluding carboxylic acids is 1. The van der Waals surface area contributed by atoms with Crippen LogP contribution in [0.15, 0.2) is 65.7 Å². The molecule has 2 heterocycles. The maximum absolute atomic E-state index is 12.3. The van der Waals surface area contributed by atoms with Gasteiger partial charge in [-0.2, -0.15) is 8.42 Å². The van der Waals surface area contributed by atoms with Gasteiger partial charge in [-0.15, -0.1) is 11.3 Å². The smallest absolute Gasteiger partial charge is 0.415 e. The molecule has 9 nitrogen and oxygen atoms in total. The molecule has 200 valence electrons. The summed E-state index contributed by atoms with van der Waals surface area (Å²) in [5.74, 6) is 1.04. The van der Waals surface area contributed by atoms with Crippen molar-refractivity contribution in [3.8, 4) is 16.3 Å². The number of carbonyl (C=O) groups is 1. The number of anilines is 1. The number of amides is 1. The second kappa shape index (κ2) is 11.1. The molecule has 0 spiro atoms. The molecule has 0 aliphatic rings. The third-order valence-electron chi connectivity index (χ3n) is 5.27. The summed E-state index contributed by atoms with van der Waals surface area (Å²) in [5, 5.41) is 0.767. The summed E-state index contributed by atoms with van der Waals surface area (Å²) >= 11 is 1.47. The number of hydrogen-bond acceptors (Lipinski definition) is 9. The number of nitrogens with zero attached hydrogens (tertiary/aromatic N) is 3. The Morgan fingerprint density at radius 2 is 1.76 bits per heavy atom. The lowest BCUT2D eigenvalue weighted by molar-refractivity contribution is 0.0588. The van der Waals surface area contributed by atoms with E-state index in [4.69, 9.17) is 13.7 Å². The van der Waals surface area contributed by atoms with Gasteiger partial charge in [0.05, 0.1) is 15.1 Å². The highest BCUT2D eigenvalue weighted by Gasteiger charge is 2.21. The monoisotopic (exact) mass is 555 g/mol. The third-order valence-corrected chi connectivity index (χ3v) is 7.66. The SMILES string of the molecule is Cc1ccc(S(=O)(=O)OCCOc2ccc3nc(-c4ccc(N(C)C(=O)OC(C)(C)C)nc4)sc3c2)cc1. The van der Waals surface area contributed by atoms with Gasteiger partial charge in [0.15, 0.2) is 0 Å². The Kier molecular flexibility index (Phi) is 8.00. The largest absolute Gasteiger partial charge is 0.491 e. The number of pyridine rings is 1. The molecule has 4 rings (SSSR count). The summed E-state index contributed by atoms with van der Waals surface area (Å²) in [4.78, 5) is 22.8. The molecular weight excluding hydrogens is 526 g/mol. The summed E-state index contributed by atoms with van der Waals surface area (Å²) in [6, 6.07) is 15.5. The minimum atomic E-state index is -3.84. The number of aryl methyl sites for hydroxylation is 1. The Labute approximate surface area is 226 Å². The molecule has 0 radical (unpaired) electrons. The number of benzene rings is 2. The van der Waals surface area contributed by atoms with Crippen molar-refractivity contribution in [1.29, 1.82) is 0 Å². The van der Waals surface area contributed by atoms with Crippen LogP contribution in [0.2, 0.25) is 0 Å². The number of hydrogen-bond donors (Lipinski definition) is 0. The molecule has 11 heteroatoms. The second-order valence-corrected chi connectivity index (χ2v) is 12.2. The summed E-state index contributed by atoms with van der Waals surface area (Å²) in [7, 11) is -2.23. The van der Waals surface area contributed by atoms with Crippen LogP contribution in [0.3, 0.4) is 0 Å². The van der Waals surface area contributed by atoms with Crippen LogP contribution in [0.4, 0.5) is 10.6 Å². The van der Waals surface area contributed by atoms with Crippen molar-refractivity contribution >= 4 is 43.6 Å². The topological polar surface area (TPSA) is 108 Å². The van der Waals surface area contributed by atoms with Crippen LogP contribution in [0, 0.1) is 6.92 Å². The van der Waals surface area contributed by atoms with E-state index in [1.165, 1.54) is 28.4 Å². The molecule has 0 saturated heterocycles. The number of aromatic nitrogens is 2. The molecule has 0 aliphatic carbocycles. The molecule has 1 amide bonds. The average Bonchev–Trinajstić information content (AvgIpc) is 3.29. The van der Waals surface area contributed by atoms with E-state index in [-0.39, 0.29) is 18.1 Å². The summed E-state index contributed by atoms with van der Waals surface area (Å²) in [5.41, 5.74) is 1.98. The Morgan fingerprint density at radius 3 is 2.42 bits per heavy atom. The molecular formula is C27H29N3O6S2. The molecule has 0 saturated carbocycles. The van der Waals surface area contributed by atoms with Gasteiger partial charge in [-0.05, 0) is 70.2 Å². The van der Waals surface area contributed by atoms with Crippen molar-refractivity contribution < 1.29 is 26.9 Å². The maximum atomic E-state index is 12.3. The van der Waals surface area contributed by atoms with Crippen LogP contribution in [-0.2, 0) is 19.0 Å². The van der Waals surface area contributed by atoms with Crippen LogP contribution in [0.5, 0.6) is 5.75 Å². The van der Waals surface area contributed by atoms with E-state index < -0.39 is 21.8 Å². The zero-order valence-electron chi connectivity index (χ0n) is 21.8. The van der Waals surface area contributed by atoms with Gasteiger partial charge >= 0.3 is 6.09 Å². The molecule has 38 heavy (non-hydrogen) atoms. The minimum Gasteiger partial charge on any atom is -0.491 e. The van der Waals surface area contributed by atoms with Crippen LogP contribution in [-0.4, -0.2) is 50.3 Å². The van der Waals surface area contributed by atoms with Gasteiger partial charge in [-0.25, -0.2) is 14.8 Å². The second-order valence-electron chi connectivity index (χ2n) is 9.53. The lowest BCUT2D eigenvalue weighted by atomic mass is 10.2. The molecule has 0 bridgehead atoms. The van der Waals surface area contributed by atoms with E-state index in [9.17, 15) is 13.2 Å². The first-order valence-corrected chi connectivity index (χ1v) is 14.1. The number of thiazole rings is 1. The lowest BCUT2D eigenvalue weighted by Gasteiger charge is -2.24. The Hall–Kier alpha value is -3.54. The summed E-state index contributed by atoms with van der Waals surface area (Å²) < 4.78 is 41.7. The Bertz CT molecular complexity index is 1530. The van der Waals surface area contributed by atoms with E-state index >= 15 is 0 Å². The Balaban J connectivity index is 1.37. The minimum absolute atomic E-state index is 0.0683. The fourth-order valence-corrected chi connectivity index (χ4v) is 5.21. The van der Waals surface area contributed by atoms with Gasteiger partial charge in [0.1, 0.15) is 35.4 Å². The van der Waals surface area contributed by atoms with E-state index in [1.54, 1.807) is 37.5 Å². The highest BCUT2D eigenvalue weighted by atomic mass is 32.2. The van der Waals surface area contributed by atoms with Crippen molar-refractivity contribution in [3.05, 3.63) is 66.4 Å². The molecule has 2 aromatic carbocycles. The first-order chi connectivity index (χ1) is 17.9. The highest BCUT2D eigenvalue weighted by molar-refractivity contribution is 7.86. The third kappa shape index (κ3) is 6.85. The number of fused-ring (bicyclic) bond motifs is 1. The normalized spacial score (nSPS) is 11.9. The lowest BCUT2D eigenvalue weighted by Crippen LogP contribution is -2.34. The molecule has 0 N–H and O–H groups in total. The van der Waals surface area contributed by atoms with Crippen molar-refractivity contribution in [2.24, 2.45) is 0 Å². The average molecular weight is 556 g/mol. The Morgan fingerprint density at radius 1 is 1.03 bits per heavy atom. The maximum Gasteiger partial charge on any atom is 0.415 e. The molecule has 0 unspecified atom stereocenters. The standard InChI is InChI=1S/C27H29N3O6S2/c1-18-6-10-21(11-7-18)38(32,33)35-15-14-34-20-9-12-22-23(16-20)37-25(29-22)19-8-13-24(28-17-19)30(5)26(31)36-27(2,3)4/h6-13,16-17H,14-15H2,1-5H3. The van der Waals surface area contributed by atoms with Crippen molar-refractivity contribution in [2.75, 3.05) is 25.2 Å². The fraction of sp³-hybridized carbons (Fsp3) is 0.296. The van der Waals surface area contributed by atoms with Crippen molar-refractivity contribution in [2.45, 2.75) is 38.2 Å². The first kappa shape index (κ1) is 27.5. The van der Waals surface area contributed by atoms with E-state index in [0.717, 1.165) is 26.4 Å². The van der Waals surface area contributed by atoms with Crippen molar-refractivity contribution in [1.82, 2.24) is 9.97 Å². The van der Waals surface area contributed by atoms with E-state index in [1.807, 2.05) is 45.9 Å².